The second-order valence-electron chi connectivity index (χ2n) is 8.58. The average molecular weight is 462 g/mol. The van der Waals surface area contributed by atoms with Gasteiger partial charge in [0.2, 0.25) is 17.8 Å². The summed E-state index contributed by atoms with van der Waals surface area (Å²) < 4.78 is 1.89. The van der Waals surface area contributed by atoms with Gasteiger partial charge in [0.05, 0.1) is 0 Å². The van der Waals surface area contributed by atoms with E-state index in [-0.39, 0.29) is 11.1 Å². The lowest BCUT2D eigenvalue weighted by atomic mass is 10.2. The Labute approximate surface area is 195 Å². The van der Waals surface area contributed by atoms with Gasteiger partial charge in [0.15, 0.2) is 11.6 Å². The van der Waals surface area contributed by atoms with Crippen molar-refractivity contribution in [1.82, 2.24) is 29.8 Å². The van der Waals surface area contributed by atoms with Gasteiger partial charge in [0, 0.05) is 54.9 Å². The minimum atomic E-state index is -0.203. The predicted octanol–water partition coefficient (Wildman–Crippen LogP) is 3.01. The molecule has 0 bridgehead atoms. The zero-order valence-corrected chi connectivity index (χ0v) is 18.9. The van der Waals surface area contributed by atoms with Gasteiger partial charge >= 0.3 is 0 Å². The Bertz CT molecular complexity index is 1340. The van der Waals surface area contributed by atoms with Gasteiger partial charge in [-0.1, -0.05) is 0 Å². The number of carbonyl (C=O) groups excluding carboxylic acids is 1. The van der Waals surface area contributed by atoms with Crippen LogP contribution in [0.2, 0.25) is 0 Å². The highest BCUT2D eigenvalue weighted by Crippen LogP contribution is 2.39. The molecule has 4 N–H and O–H groups in total. The summed E-state index contributed by atoms with van der Waals surface area (Å²) in [6.07, 6.45) is 10.3. The molecule has 0 aromatic carbocycles. The van der Waals surface area contributed by atoms with Crippen molar-refractivity contribution in [2.75, 3.05) is 22.1 Å². The van der Waals surface area contributed by atoms with Crippen LogP contribution in [0.3, 0.4) is 0 Å². The fourth-order valence-electron chi connectivity index (χ4n) is 4.08. The lowest BCUT2D eigenvalue weighted by Gasteiger charge is -2.21. The van der Waals surface area contributed by atoms with Gasteiger partial charge in [-0.05, 0) is 44.7 Å². The van der Waals surface area contributed by atoms with Crippen molar-refractivity contribution in [1.29, 1.82) is 0 Å². The van der Waals surface area contributed by atoms with E-state index in [9.17, 15) is 9.59 Å². The molecule has 1 saturated carbocycles. The Morgan fingerprint density at radius 3 is 2.85 bits per heavy atom. The number of hydrogen-bond donors (Lipinski definition) is 4. The molecule has 5 heterocycles. The van der Waals surface area contributed by atoms with Gasteiger partial charge in [-0.25, -0.2) is 4.52 Å². The van der Waals surface area contributed by atoms with E-state index in [1.54, 1.807) is 0 Å². The molecule has 11 heteroatoms. The third kappa shape index (κ3) is 4.63. The summed E-state index contributed by atoms with van der Waals surface area (Å²) in [5.41, 5.74) is 2.23. The van der Waals surface area contributed by atoms with E-state index in [1.807, 2.05) is 22.8 Å². The zero-order valence-electron chi connectivity index (χ0n) is 18.9. The van der Waals surface area contributed by atoms with E-state index in [1.165, 1.54) is 49.8 Å². The number of hydrogen-bond acceptors (Lipinski definition) is 7. The maximum atomic E-state index is 10.8. The molecule has 2 aliphatic rings. The highest BCUT2D eigenvalue weighted by Gasteiger charge is 2.26. The molecule has 2 fully saturated rings. The summed E-state index contributed by atoms with van der Waals surface area (Å²) in [6.45, 7) is 3.25. The molecule has 1 aliphatic carbocycles. The number of nitrogens with one attached hydrogen (secondary N) is 4. The molecular formula is C23H27N9O2. The van der Waals surface area contributed by atoms with Crippen LogP contribution in [0.4, 0.5) is 23.3 Å². The maximum absolute atomic E-state index is 10.8. The van der Waals surface area contributed by atoms with Crippen LogP contribution in [0, 0.1) is 0 Å². The SMILES string of the molecule is C[C@H]1CCCN1c1nc(Nc2cc(C3CC3)[nH]n2)c2cccn2n1.O=CNc1c[nH]ccc1=O. The first-order valence-electron chi connectivity index (χ1n) is 11.4. The van der Waals surface area contributed by atoms with Gasteiger partial charge in [-0.15, -0.1) is 5.10 Å². The van der Waals surface area contributed by atoms with E-state index < -0.39 is 0 Å². The largest absolute Gasteiger partial charge is 0.366 e. The second kappa shape index (κ2) is 9.38. The monoisotopic (exact) mass is 461 g/mol. The first-order valence-corrected chi connectivity index (χ1v) is 11.4. The number of rotatable bonds is 6. The van der Waals surface area contributed by atoms with Crippen LogP contribution < -0.4 is 21.0 Å². The number of carbonyl (C=O) groups is 1. The average Bonchev–Trinajstić information content (AvgIpc) is 3.20. The molecule has 4 aromatic heterocycles. The Hall–Kier alpha value is -4.15. The van der Waals surface area contributed by atoms with E-state index in [0.29, 0.717) is 18.4 Å². The summed E-state index contributed by atoms with van der Waals surface area (Å²) in [5, 5.41) is 17.8. The van der Waals surface area contributed by atoms with Crippen molar-refractivity contribution in [3.05, 3.63) is 58.8 Å². The molecule has 4 aromatic rings. The molecule has 11 nitrogen and oxygen atoms in total. The standard InChI is InChI=1S/C17H21N7.C6H6N2O2/c1-11-4-2-8-23(11)17-19-16(14-5-3-9-24(14)22-17)18-15-10-13(20-21-15)12-6-7-12;9-4-8-5-3-7-2-1-6(5)10/h3,5,9-12H,2,4,6-8H2,1H3,(H2,18,19,20,21,22);1-4H,(H,7,10)(H,8,9)/t11-;/m0./s1. The second-order valence-corrected chi connectivity index (χ2v) is 8.58. The van der Waals surface area contributed by atoms with Crippen LogP contribution in [0.15, 0.2) is 47.7 Å². The Morgan fingerprint density at radius 2 is 2.12 bits per heavy atom. The number of anilines is 4. The third-order valence-corrected chi connectivity index (χ3v) is 6.09. The number of nitrogens with zero attached hydrogens (tertiary/aromatic N) is 5. The third-order valence-electron chi connectivity index (χ3n) is 6.09. The lowest BCUT2D eigenvalue weighted by molar-refractivity contribution is -0.105. The molecule has 1 amide bonds. The van der Waals surface area contributed by atoms with Crippen LogP contribution in [-0.2, 0) is 4.79 Å². The molecular weight excluding hydrogens is 434 g/mol. The van der Waals surface area contributed by atoms with Crippen LogP contribution in [0.25, 0.3) is 5.52 Å². The fraction of sp³-hybridized carbons (Fsp3) is 0.348. The summed E-state index contributed by atoms with van der Waals surface area (Å²) in [4.78, 5) is 30.4. The number of amides is 1. The lowest BCUT2D eigenvalue weighted by Crippen LogP contribution is -2.29. The summed E-state index contributed by atoms with van der Waals surface area (Å²) in [6, 6.07) is 7.93. The van der Waals surface area contributed by atoms with Crippen LogP contribution in [0.1, 0.15) is 44.2 Å². The van der Waals surface area contributed by atoms with E-state index in [4.69, 9.17) is 4.98 Å². The van der Waals surface area contributed by atoms with Crippen LogP contribution in [0.5, 0.6) is 0 Å². The molecule has 0 radical (unpaired) electrons. The Balaban J connectivity index is 0.000000204. The van der Waals surface area contributed by atoms with Crippen molar-refractivity contribution < 1.29 is 4.79 Å². The molecule has 1 saturated heterocycles. The summed E-state index contributed by atoms with van der Waals surface area (Å²) >= 11 is 0. The van der Waals surface area contributed by atoms with Gasteiger partial charge in [-0.3, -0.25) is 14.7 Å². The van der Waals surface area contributed by atoms with Crippen molar-refractivity contribution in [3.63, 3.8) is 0 Å². The van der Waals surface area contributed by atoms with E-state index >= 15 is 0 Å². The smallest absolute Gasteiger partial charge is 0.245 e. The highest BCUT2D eigenvalue weighted by molar-refractivity contribution is 5.73. The van der Waals surface area contributed by atoms with E-state index in [2.05, 4.69) is 48.8 Å². The van der Waals surface area contributed by atoms with Crippen molar-refractivity contribution >= 4 is 35.2 Å². The van der Waals surface area contributed by atoms with Gasteiger partial charge < -0.3 is 20.5 Å². The summed E-state index contributed by atoms with van der Waals surface area (Å²) in [5.74, 6) is 3.06. The van der Waals surface area contributed by atoms with Crippen LogP contribution >= 0.6 is 0 Å². The zero-order chi connectivity index (χ0) is 23.5. The molecule has 34 heavy (non-hydrogen) atoms. The number of aromatic nitrogens is 6. The minimum Gasteiger partial charge on any atom is -0.366 e. The van der Waals surface area contributed by atoms with Gasteiger partial charge in [0.1, 0.15) is 11.2 Å². The minimum absolute atomic E-state index is 0.203. The van der Waals surface area contributed by atoms with Crippen molar-refractivity contribution in [2.45, 2.75) is 44.6 Å². The quantitative estimate of drug-likeness (QED) is 0.324. The highest BCUT2D eigenvalue weighted by atomic mass is 16.1. The maximum Gasteiger partial charge on any atom is 0.245 e. The Morgan fingerprint density at radius 1 is 1.24 bits per heavy atom. The Kier molecular flexibility index (Phi) is 5.98. The fourth-order valence-corrected chi connectivity index (χ4v) is 4.08. The molecule has 6 rings (SSSR count). The molecule has 176 valence electrons. The van der Waals surface area contributed by atoms with Gasteiger partial charge in [0.25, 0.3) is 0 Å². The summed E-state index contributed by atoms with van der Waals surface area (Å²) in [7, 11) is 0. The van der Waals surface area contributed by atoms with Crippen molar-refractivity contribution in [3.8, 4) is 0 Å². The van der Waals surface area contributed by atoms with Gasteiger partial charge in [-0.2, -0.15) is 10.1 Å². The normalized spacial score (nSPS) is 17.3. The number of aromatic amines is 2. The molecule has 0 spiro atoms. The predicted molar refractivity (Wildman–Crippen MR) is 130 cm³/mol. The number of fused-ring (bicyclic) bond motifs is 1. The number of H-pyrrole nitrogens is 2. The van der Waals surface area contributed by atoms with Crippen molar-refractivity contribution in [2.24, 2.45) is 0 Å². The first-order chi connectivity index (χ1) is 16.6. The van der Waals surface area contributed by atoms with E-state index in [0.717, 1.165) is 29.6 Å². The number of pyridine rings is 1. The first kappa shape index (κ1) is 21.7. The molecule has 1 aliphatic heterocycles. The molecule has 1 atom stereocenters. The molecule has 0 unspecified atom stereocenters. The van der Waals surface area contributed by atoms with Crippen LogP contribution in [-0.4, -0.2) is 48.8 Å². The topological polar surface area (TPSA) is 136 Å².